The summed E-state index contributed by atoms with van der Waals surface area (Å²) in [7, 11) is 0. The molecule has 1 amide bonds. The molecule has 1 rings (SSSR count). The van der Waals surface area contributed by atoms with E-state index in [1.54, 1.807) is 13.8 Å². The molecule has 0 aliphatic heterocycles. The molecule has 0 spiro atoms. The highest BCUT2D eigenvalue weighted by atomic mass is 16.1. The van der Waals surface area contributed by atoms with Gasteiger partial charge < -0.3 is 16.0 Å². The number of aromatic nitrogens is 1. The van der Waals surface area contributed by atoms with Crippen molar-refractivity contribution < 1.29 is 4.79 Å². The first-order valence-corrected chi connectivity index (χ1v) is 6.10. The largest absolute Gasteiger partial charge is 0.355 e. The fraction of sp³-hybridized carbons (Fsp3) is 0.462. The maximum Gasteiger partial charge on any atom is 0.266 e. The third-order valence-electron chi connectivity index (χ3n) is 2.99. The molecule has 19 heavy (non-hydrogen) atoms. The number of amides is 1. The Morgan fingerprint density at radius 2 is 2.16 bits per heavy atom. The molecule has 0 saturated heterocycles. The van der Waals surface area contributed by atoms with Gasteiger partial charge in [0, 0.05) is 25.2 Å². The van der Waals surface area contributed by atoms with E-state index >= 15 is 0 Å². The molecule has 0 aliphatic rings. The van der Waals surface area contributed by atoms with Gasteiger partial charge in [-0.25, -0.2) is 0 Å². The molecule has 0 fully saturated rings. The van der Waals surface area contributed by atoms with E-state index < -0.39 is 0 Å². The van der Waals surface area contributed by atoms with Crippen LogP contribution in [0.2, 0.25) is 0 Å². The molecule has 0 unspecified atom stereocenters. The predicted molar refractivity (Wildman–Crippen MR) is 71.6 cm³/mol. The molecule has 6 heteroatoms. The van der Waals surface area contributed by atoms with E-state index in [1.807, 2.05) is 6.07 Å². The number of carbonyl (C=O) groups is 1. The van der Waals surface area contributed by atoms with E-state index in [9.17, 15) is 9.59 Å². The lowest BCUT2D eigenvalue weighted by Crippen LogP contribution is -2.29. The Morgan fingerprint density at radius 1 is 1.47 bits per heavy atom. The lowest BCUT2D eigenvalue weighted by atomic mass is 9.99. The lowest BCUT2D eigenvalue weighted by molar-refractivity contribution is -0.120. The number of aryl methyl sites for hydroxylation is 1. The second-order valence-corrected chi connectivity index (χ2v) is 4.31. The van der Waals surface area contributed by atoms with Crippen molar-refractivity contribution in [1.29, 1.82) is 5.26 Å². The topological polar surface area (TPSA) is 112 Å². The Labute approximate surface area is 111 Å². The smallest absolute Gasteiger partial charge is 0.266 e. The van der Waals surface area contributed by atoms with E-state index in [-0.39, 0.29) is 17.0 Å². The van der Waals surface area contributed by atoms with Gasteiger partial charge in [0.25, 0.3) is 5.56 Å². The molecule has 4 N–H and O–H groups in total. The molecule has 0 aliphatic carbocycles. The summed E-state index contributed by atoms with van der Waals surface area (Å²) in [5.74, 6) is -0.0889. The number of aromatic amines is 1. The molecule has 0 bridgehead atoms. The van der Waals surface area contributed by atoms with Crippen molar-refractivity contribution in [2.24, 2.45) is 5.73 Å². The zero-order chi connectivity index (χ0) is 14.4. The van der Waals surface area contributed by atoms with Crippen LogP contribution in [0.15, 0.2) is 4.79 Å². The van der Waals surface area contributed by atoms with Crippen molar-refractivity contribution >= 4 is 5.91 Å². The van der Waals surface area contributed by atoms with Crippen LogP contribution in [0.3, 0.4) is 0 Å². The van der Waals surface area contributed by atoms with Crippen molar-refractivity contribution in [3.63, 3.8) is 0 Å². The molecular weight excluding hydrogens is 244 g/mol. The molecular formula is C13H18N4O2. The Kier molecular flexibility index (Phi) is 5.27. The number of hydrogen-bond acceptors (Lipinski definition) is 4. The Hall–Kier alpha value is -2.13. The van der Waals surface area contributed by atoms with Crippen molar-refractivity contribution in [3.05, 3.63) is 32.7 Å². The third kappa shape index (κ3) is 3.66. The molecule has 102 valence electrons. The minimum Gasteiger partial charge on any atom is -0.355 e. The van der Waals surface area contributed by atoms with Crippen LogP contribution in [0.5, 0.6) is 0 Å². The monoisotopic (exact) mass is 262 g/mol. The standard InChI is InChI=1S/C13H18N4O2/c1-8-10(3-4-12(18)16-6-5-14)9(2)17-13(19)11(8)7-15/h3-6,14H2,1-2H3,(H,16,18)(H,17,19). The number of nitrogens with two attached hydrogens (primary N) is 1. The van der Waals surface area contributed by atoms with Crippen LogP contribution in [-0.2, 0) is 11.2 Å². The summed E-state index contributed by atoms with van der Waals surface area (Å²) in [5, 5.41) is 11.6. The summed E-state index contributed by atoms with van der Waals surface area (Å²) < 4.78 is 0. The Bertz CT molecular complexity index is 569. The average molecular weight is 262 g/mol. The van der Waals surface area contributed by atoms with Crippen molar-refractivity contribution in [3.8, 4) is 6.07 Å². The number of rotatable bonds is 5. The summed E-state index contributed by atoms with van der Waals surface area (Å²) in [5.41, 5.74) is 7.23. The van der Waals surface area contributed by atoms with Gasteiger partial charge in [-0.15, -0.1) is 0 Å². The normalized spacial score (nSPS) is 10.0. The Morgan fingerprint density at radius 3 is 2.74 bits per heavy atom. The fourth-order valence-electron chi connectivity index (χ4n) is 1.96. The Balaban J connectivity index is 2.88. The first-order valence-electron chi connectivity index (χ1n) is 6.10. The van der Waals surface area contributed by atoms with E-state index in [0.717, 1.165) is 5.56 Å². The molecule has 1 aromatic rings. The summed E-state index contributed by atoms with van der Waals surface area (Å²) in [4.78, 5) is 25.7. The molecule has 0 radical (unpaired) electrons. The number of nitrogens with zero attached hydrogens (tertiary/aromatic N) is 1. The maximum absolute atomic E-state index is 11.6. The summed E-state index contributed by atoms with van der Waals surface area (Å²) >= 11 is 0. The zero-order valence-electron chi connectivity index (χ0n) is 11.2. The first kappa shape index (κ1) is 14.9. The predicted octanol–water partition coefficient (Wildman–Crippen LogP) is -0.129. The number of carbonyl (C=O) groups excluding carboxylic acids is 1. The molecule has 1 aromatic heterocycles. The first-order chi connectivity index (χ1) is 9.01. The minimum atomic E-state index is -0.381. The van der Waals surface area contributed by atoms with E-state index in [4.69, 9.17) is 11.0 Å². The second-order valence-electron chi connectivity index (χ2n) is 4.31. The van der Waals surface area contributed by atoms with Crippen LogP contribution in [0, 0.1) is 25.2 Å². The SMILES string of the molecule is Cc1[nH]c(=O)c(C#N)c(C)c1CCC(=O)NCCN. The number of H-pyrrole nitrogens is 1. The highest BCUT2D eigenvalue weighted by Gasteiger charge is 2.13. The van der Waals surface area contributed by atoms with Gasteiger partial charge in [-0.2, -0.15) is 5.26 Å². The van der Waals surface area contributed by atoms with E-state index in [2.05, 4.69) is 10.3 Å². The van der Waals surface area contributed by atoms with E-state index in [0.29, 0.717) is 37.2 Å². The lowest BCUT2D eigenvalue weighted by Gasteiger charge is -2.10. The number of nitriles is 1. The van der Waals surface area contributed by atoms with Gasteiger partial charge in [0.2, 0.25) is 5.91 Å². The van der Waals surface area contributed by atoms with Gasteiger partial charge in [0.05, 0.1) is 0 Å². The molecule has 6 nitrogen and oxygen atoms in total. The summed E-state index contributed by atoms with van der Waals surface area (Å²) in [6.07, 6.45) is 0.790. The van der Waals surface area contributed by atoms with Crippen LogP contribution >= 0.6 is 0 Å². The van der Waals surface area contributed by atoms with Gasteiger partial charge in [0.1, 0.15) is 11.6 Å². The number of pyridine rings is 1. The van der Waals surface area contributed by atoms with Gasteiger partial charge in [0.15, 0.2) is 0 Å². The minimum absolute atomic E-state index is 0.0889. The van der Waals surface area contributed by atoms with Gasteiger partial charge >= 0.3 is 0 Å². The zero-order valence-corrected chi connectivity index (χ0v) is 11.2. The van der Waals surface area contributed by atoms with E-state index in [1.165, 1.54) is 0 Å². The molecule has 0 atom stereocenters. The maximum atomic E-state index is 11.6. The van der Waals surface area contributed by atoms with Crippen LogP contribution < -0.4 is 16.6 Å². The number of hydrogen-bond donors (Lipinski definition) is 3. The van der Waals surface area contributed by atoms with Crippen LogP contribution in [0.1, 0.15) is 28.8 Å². The molecule has 0 saturated carbocycles. The van der Waals surface area contributed by atoms with Crippen LogP contribution in [0.25, 0.3) is 0 Å². The van der Waals surface area contributed by atoms with Gasteiger partial charge in [-0.05, 0) is 31.4 Å². The van der Waals surface area contributed by atoms with Gasteiger partial charge in [-0.1, -0.05) is 0 Å². The molecule has 1 heterocycles. The second kappa shape index (κ2) is 6.71. The number of nitrogens with one attached hydrogen (secondary N) is 2. The fourth-order valence-corrected chi connectivity index (χ4v) is 1.96. The molecule has 0 aromatic carbocycles. The van der Waals surface area contributed by atoms with Crippen molar-refractivity contribution in [2.75, 3.05) is 13.1 Å². The summed E-state index contributed by atoms with van der Waals surface area (Å²) in [6, 6.07) is 1.89. The highest BCUT2D eigenvalue weighted by Crippen LogP contribution is 2.14. The summed E-state index contributed by atoms with van der Waals surface area (Å²) in [6.45, 7) is 4.35. The van der Waals surface area contributed by atoms with Crippen LogP contribution in [0.4, 0.5) is 0 Å². The van der Waals surface area contributed by atoms with Crippen molar-refractivity contribution in [1.82, 2.24) is 10.3 Å². The van der Waals surface area contributed by atoms with Crippen LogP contribution in [-0.4, -0.2) is 24.0 Å². The quantitative estimate of drug-likeness (QED) is 0.686. The van der Waals surface area contributed by atoms with Gasteiger partial charge in [-0.3, -0.25) is 9.59 Å². The third-order valence-corrected chi connectivity index (χ3v) is 2.99. The highest BCUT2D eigenvalue weighted by molar-refractivity contribution is 5.76. The average Bonchev–Trinajstić information content (AvgIpc) is 2.36. The van der Waals surface area contributed by atoms with Crippen molar-refractivity contribution in [2.45, 2.75) is 26.7 Å².